The molecule has 0 spiro atoms. The van der Waals surface area contributed by atoms with Crippen molar-refractivity contribution in [3.63, 3.8) is 0 Å². The Labute approximate surface area is 104 Å². The van der Waals surface area contributed by atoms with Gasteiger partial charge in [0.05, 0.1) is 0 Å². The molecule has 0 aromatic heterocycles. The van der Waals surface area contributed by atoms with E-state index in [2.05, 4.69) is 48.5 Å². The quantitative estimate of drug-likeness (QED) is 0.706. The summed E-state index contributed by atoms with van der Waals surface area (Å²) in [5, 5.41) is 1.14. The third-order valence-corrected chi connectivity index (χ3v) is 4.69. The summed E-state index contributed by atoms with van der Waals surface area (Å²) in [5.41, 5.74) is 0. The van der Waals surface area contributed by atoms with E-state index in [-0.39, 0.29) is 0 Å². The van der Waals surface area contributed by atoms with E-state index in [1.54, 1.807) is 0 Å². The van der Waals surface area contributed by atoms with Gasteiger partial charge in [-0.3, -0.25) is 0 Å². The van der Waals surface area contributed by atoms with Crippen molar-refractivity contribution in [2.24, 2.45) is 17.8 Å². The Balaban J connectivity index is 2.47. The molecule has 0 aromatic carbocycles. The number of piperidine rings is 1. The van der Waals surface area contributed by atoms with E-state index >= 15 is 0 Å². The average Bonchev–Trinajstić information content (AvgIpc) is 2.18. The van der Waals surface area contributed by atoms with E-state index in [9.17, 15) is 0 Å². The van der Waals surface area contributed by atoms with Gasteiger partial charge < -0.3 is 4.90 Å². The Morgan fingerprint density at radius 3 is 2.47 bits per heavy atom. The zero-order valence-corrected chi connectivity index (χ0v) is 12.3. The van der Waals surface area contributed by atoms with E-state index in [0.717, 1.165) is 29.1 Å². The molecular formula is C13H26BrN. The summed E-state index contributed by atoms with van der Waals surface area (Å²) in [7, 11) is 0. The fourth-order valence-corrected chi connectivity index (χ4v) is 3.33. The molecule has 0 radical (unpaired) electrons. The van der Waals surface area contributed by atoms with Gasteiger partial charge in [0.25, 0.3) is 0 Å². The first-order valence-corrected chi connectivity index (χ1v) is 7.46. The smallest absolute Gasteiger partial charge is 0.00743 e. The molecular weight excluding hydrogens is 250 g/mol. The van der Waals surface area contributed by atoms with Gasteiger partial charge in [-0.05, 0) is 37.5 Å². The second kappa shape index (κ2) is 6.24. The van der Waals surface area contributed by atoms with Gasteiger partial charge in [0.1, 0.15) is 0 Å². The second-order valence-electron chi connectivity index (χ2n) is 5.64. The monoisotopic (exact) mass is 275 g/mol. The molecule has 1 fully saturated rings. The molecule has 1 aliphatic heterocycles. The van der Waals surface area contributed by atoms with Gasteiger partial charge in [0.2, 0.25) is 0 Å². The number of halogens is 1. The zero-order valence-electron chi connectivity index (χ0n) is 10.7. The number of alkyl halides is 1. The lowest BCUT2D eigenvalue weighted by Gasteiger charge is -2.39. The Hall–Kier alpha value is 0.440. The molecule has 0 N–H and O–H groups in total. The molecule has 0 amide bonds. The second-order valence-corrected chi connectivity index (χ2v) is 6.29. The summed E-state index contributed by atoms with van der Waals surface area (Å²) >= 11 is 3.65. The normalized spacial score (nSPS) is 30.8. The summed E-state index contributed by atoms with van der Waals surface area (Å²) in [5.74, 6) is 2.48. The molecule has 1 saturated heterocycles. The van der Waals surface area contributed by atoms with Crippen LogP contribution in [0, 0.1) is 17.8 Å². The summed E-state index contributed by atoms with van der Waals surface area (Å²) in [6.45, 7) is 12.0. The Kier molecular flexibility index (Phi) is 5.62. The highest BCUT2D eigenvalue weighted by atomic mass is 79.9. The fraction of sp³-hybridized carbons (Fsp3) is 1.00. The number of rotatable bonds is 4. The van der Waals surface area contributed by atoms with Gasteiger partial charge in [-0.25, -0.2) is 0 Å². The predicted octanol–water partition coefficient (Wildman–Crippen LogP) is 3.77. The third-order valence-electron chi connectivity index (χ3n) is 3.86. The van der Waals surface area contributed by atoms with Crippen molar-refractivity contribution in [1.29, 1.82) is 0 Å². The maximum Gasteiger partial charge on any atom is 0.00743 e. The summed E-state index contributed by atoms with van der Waals surface area (Å²) in [4.78, 5) is 2.69. The first-order valence-electron chi connectivity index (χ1n) is 6.34. The molecule has 15 heavy (non-hydrogen) atoms. The minimum atomic E-state index is 0.786. The van der Waals surface area contributed by atoms with Crippen molar-refractivity contribution in [3.8, 4) is 0 Å². The molecule has 90 valence electrons. The van der Waals surface area contributed by atoms with Crippen molar-refractivity contribution < 1.29 is 0 Å². The number of hydrogen-bond acceptors (Lipinski definition) is 1. The van der Waals surface area contributed by atoms with Crippen LogP contribution in [0.15, 0.2) is 0 Å². The highest BCUT2D eigenvalue weighted by molar-refractivity contribution is 9.09. The van der Waals surface area contributed by atoms with Crippen molar-refractivity contribution in [2.75, 3.05) is 18.4 Å². The van der Waals surface area contributed by atoms with Gasteiger partial charge >= 0.3 is 0 Å². The van der Waals surface area contributed by atoms with Crippen LogP contribution in [-0.4, -0.2) is 29.4 Å². The van der Waals surface area contributed by atoms with Gasteiger partial charge in [0.15, 0.2) is 0 Å². The Morgan fingerprint density at radius 2 is 1.93 bits per heavy atom. The standard InChI is InChI=1S/C13H26BrN/c1-10(2)13(7-14)9-15-8-11(3)5-6-12(15)4/h10-13H,5-9H2,1-4H3. The van der Waals surface area contributed by atoms with Crippen molar-refractivity contribution in [3.05, 3.63) is 0 Å². The number of likely N-dealkylation sites (tertiary alicyclic amines) is 1. The van der Waals surface area contributed by atoms with Crippen LogP contribution in [0.1, 0.15) is 40.5 Å². The first kappa shape index (κ1) is 13.5. The van der Waals surface area contributed by atoms with Crippen LogP contribution in [-0.2, 0) is 0 Å². The molecule has 1 rings (SSSR count). The Morgan fingerprint density at radius 1 is 1.27 bits per heavy atom. The van der Waals surface area contributed by atoms with Gasteiger partial charge in [-0.1, -0.05) is 36.7 Å². The highest BCUT2D eigenvalue weighted by Gasteiger charge is 2.25. The number of nitrogens with zero attached hydrogens (tertiary/aromatic N) is 1. The lowest BCUT2D eigenvalue weighted by molar-refractivity contribution is 0.0998. The SMILES string of the molecule is CC1CCC(C)N(CC(CBr)C(C)C)C1. The van der Waals surface area contributed by atoms with E-state index in [4.69, 9.17) is 0 Å². The highest BCUT2D eigenvalue weighted by Crippen LogP contribution is 2.24. The lowest BCUT2D eigenvalue weighted by atomic mass is 9.91. The molecule has 1 heterocycles. The van der Waals surface area contributed by atoms with Crippen molar-refractivity contribution in [2.45, 2.75) is 46.6 Å². The molecule has 1 aliphatic rings. The average molecular weight is 276 g/mol. The minimum Gasteiger partial charge on any atom is -0.300 e. The van der Waals surface area contributed by atoms with Crippen LogP contribution in [0.5, 0.6) is 0 Å². The van der Waals surface area contributed by atoms with Gasteiger partial charge in [0, 0.05) is 24.5 Å². The van der Waals surface area contributed by atoms with Gasteiger partial charge in [-0.15, -0.1) is 0 Å². The summed E-state index contributed by atoms with van der Waals surface area (Å²) < 4.78 is 0. The minimum absolute atomic E-state index is 0.786. The maximum absolute atomic E-state index is 3.65. The lowest BCUT2D eigenvalue weighted by Crippen LogP contribution is -2.44. The number of hydrogen-bond donors (Lipinski definition) is 0. The third kappa shape index (κ3) is 4.07. The van der Waals surface area contributed by atoms with E-state index in [1.165, 1.54) is 25.9 Å². The topological polar surface area (TPSA) is 3.24 Å². The van der Waals surface area contributed by atoms with E-state index in [0.29, 0.717) is 0 Å². The van der Waals surface area contributed by atoms with Crippen LogP contribution in [0.25, 0.3) is 0 Å². The summed E-state index contributed by atoms with van der Waals surface area (Å²) in [6, 6.07) is 0.793. The van der Waals surface area contributed by atoms with Crippen LogP contribution in [0.2, 0.25) is 0 Å². The van der Waals surface area contributed by atoms with Crippen LogP contribution < -0.4 is 0 Å². The predicted molar refractivity (Wildman–Crippen MR) is 71.6 cm³/mol. The first-order chi connectivity index (χ1) is 7.04. The van der Waals surface area contributed by atoms with E-state index < -0.39 is 0 Å². The molecule has 0 aromatic rings. The fourth-order valence-electron chi connectivity index (χ4n) is 2.37. The molecule has 2 heteroatoms. The molecule has 0 aliphatic carbocycles. The Bertz CT molecular complexity index is 181. The largest absolute Gasteiger partial charge is 0.300 e. The van der Waals surface area contributed by atoms with Crippen LogP contribution >= 0.6 is 15.9 Å². The van der Waals surface area contributed by atoms with Crippen LogP contribution in [0.3, 0.4) is 0 Å². The molecule has 3 unspecified atom stereocenters. The molecule has 3 atom stereocenters. The van der Waals surface area contributed by atoms with Crippen molar-refractivity contribution >= 4 is 15.9 Å². The summed E-state index contributed by atoms with van der Waals surface area (Å²) in [6.07, 6.45) is 2.80. The molecule has 0 saturated carbocycles. The van der Waals surface area contributed by atoms with Crippen LogP contribution in [0.4, 0.5) is 0 Å². The zero-order chi connectivity index (χ0) is 11.4. The van der Waals surface area contributed by atoms with Crippen molar-refractivity contribution in [1.82, 2.24) is 4.90 Å². The maximum atomic E-state index is 3.65. The van der Waals surface area contributed by atoms with Gasteiger partial charge in [-0.2, -0.15) is 0 Å². The van der Waals surface area contributed by atoms with E-state index in [1.807, 2.05) is 0 Å². The molecule has 0 bridgehead atoms. The molecule has 1 nitrogen and oxygen atoms in total.